The third-order valence-corrected chi connectivity index (χ3v) is 4.09. The van der Waals surface area contributed by atoms with Crippen LogP contribution >= 0.6 is 0 Å². The molecule has 2 heterocycles. The van der Waals surface area contributed by atoms with Crippen molar-refractivity contribution in [2.45, 2.75) is 38.8 Å². The Balaban J connectivity index is 1.94. The fourth-order valence-electron chi connectivity index (χ4n) is 3.06. The predicted molar refractivity (Wildman–Crippen MR) is 83.7 cm³/mol. The summed E-state index contributed by atoms with van der Waals surface area (Å²) in [7, 11) is 0. The molecule has 1 N–H and O–H groups in total. The maximum Gasteiger partial charge on any atom is 0.254 e. The number of halogens is 1. The van der Waals surface area contributed by atoms with E-state index < -0.39 is 5.60 Å². The molecule has 0 bridgehead atoms. The maximum absolute atomic E-state index is 13.1. The Morgan fingerprint density at radius 3 is 2.61 bits per heavy atom. The highest BCUT2D eigenvalue weighted by Gasteiger charge is 2.35. The average molecular weight is 317 g/mol. The van der Waals surface area contributed by atoms with E-state index >= 15 is 0 Å². The number of aliphatic hydroxyl groups is 1. The number of carbonyl (C=O) groups is 1. The molecular formula is C17H20FN3O2. The van der Waals surface area contributed by atoms with Gasteiger partial charge in [0.05, 0.1) is 17.6 Å². The van der Waals surface area contributed by atoms with E-state index in [2.05, 4.69) is 5.10 Å². The fraction of sp³-hybridized carbons (Fsp3) is 0.412. The monoisotopic (exact) mass is 317 g/mol. The molecule has 5 nitrogen and oxygen atoms in total. The minimum Gasteiger partial charge on any atom is -0.381 e. The molecule has 3 rings (SSSR count). The molecule has 0 unspecified atom stereocenters. The van der Waals surface area contributed by atoms with Crippen molar-refractivity contribution in [2.75, 3.05) is 6.54 Å². The topological polar surface area (TPSA) is 58.4 Å². The molecule has 6 heteroatoms. The number of hydrogen-bond acceptors (Lipinski definition) is 3. The molecule has 0 radical (unpaired) electrons. The highest BCUT2D eigenvalue weighted by atomic mass is 19.1. The first-order valence-electron chi connectivity index (χ1n) is 7.62. The molecule has 1 atom stereocenters. The summed E-state index contributed by atoms with van der Waals surface area (Å²) < 4.78 is 14.9. The first-order valence-corrected chi connectivity index (χ1v) is 7.62. The van der Waals surface area contributed by atoms with Crippen molar-refractivity contribution >= 4 is 5.91 Å². The smallest absolute Gasteiger partial charge is 0.254 e. The lowest BCUT2D eigenvalue weighted by Gasteiger charge is -2.35. The molecule has 0 spiro atoms. The van der Waals surface area contributed by atoms with Crippen LogP contribution in [0.3, 0.4) is 0 Å². The lowest BCUT2D eigenvalue weighted by atomic mass is 9.96. The molecule has 1 aromatic heterocycles. The molecule has 0 saturated carbocycles. The van der Waals surface area contributed by atoms with Crippen LogP contribution in [0.15, 0.2) is 30.5 Å². The second-order valence-electron chi connectivity index (χ2n) is 6.59. The molecule has 1 amide bonds. The molecule has 1 aliphatic heterocycles. The van der Waals surface area contributed by atoms with Crippen molar-refractivity contribution < 1.29 is 14.3 Å². The van der Waals surface area contributed by atoms with Gasteiger partial charge in [-0.1, -0.05) is 6.92 Å². The van der Waals surface area contributed by atoms with Crippen molar-refractivity contribution in [2.24, 2.45) is 0 Å². The van der Waals surface area contributed by atoms with Gasteiger partial charge >= 0.3 is 0 Å². The van der Waals surface area contributed by atoms with Crippen LogP contribution in [0.1, 0.15) is 37.9 Å². The van der Waals surface area contributed by atoms with Gasteiger partial charge in [-0.05, 0) is 38.1 Å². The SMILES string of the molecule is C[C@@H]1CN(C(=O)C(C)(C)O)Cc2cnn(-c3ccc(F)cc3)c21. The van der Waals surface area contributed by atoms with Crippen molar-refractivity contribution in [3.63, 3.8) is 0 Å². The Bertz CT molecular complexity index is 731. The largest absolute Gasteiger partial charge is 0.381 e. The van der Waals surface area contributed by atoms with Gasteiger partial charge in [-0.25, -0.2) is 9.07 Å². The summed E-state index contributed by atoms with van der Waals surface area (Å²) in [5, 5.41) is 14.3. The minimum absolute atomic E-state index is 0.0672. The highest BCUT2D eigenvalue weighted by molar-refractivity contribution is 5.84. The lowest BCUT2D eigenvalue weighted by Crippen LogP contribution is -2.47. The van der Waals surface area contributed by atoms with Crippen molar-refractivity contribution in [3.8, 4) is 5.69 Å². The summed E-state index contributed by atoms with van der Waals surface area (Å²) in [6.45, 7) is 5.95. The summed E-state index contributed by atoms with van der Waals surface area (Å²) in [4.78, 5) is 14.0. The molecule has 23 heavy (non-hydrogen) atoms. The Kier molecular flexibility index (Phi) is 3.72. The fourth-order valence-corrected chi connectivity index (χ4v) is 3.06. The van der Waals surface area contributed by atoms with Crippen LogP contribution in [0.25, 0.3) is 5.69 Å². The van der Waals surface area contributed by atoms with Gasteiger partial charge < -0.3 is 10.0 Å². The maximum atomic E-state index is 13.1. The number of benzene rings is 1. The van der Waals surface area contributed by atoms with E-state index in [9.17, 15) is 14.3 Å². The van der Waals surface area contributed by atoms with Crippen LogP contribution < -0.4 is 0 Å². The first kappa shape index (κ1) is 15.7. The van der Waals surface area contributed by atoms with Gasteiger partial charge in [0.2, 0.25) is 0 Å². The van der Waals surface area contributed by atoms with Crippen molar-refractivity contribution in [3.05, 3.63) is 47.5 Å². The van der Waals surface area contributed by atoms with Gasteiger partial charge in [-0.2, -0.15) is 5.10 Å². The Labute approximate surface area is 134 Å². The normalized spacial score (nSPS) is 18.0. The van der Waals surface area contributed by atoms with Gasteiger partial charge in [0.1, 0.15) is 11.4 Å². The summed E-state index contributed by atoms with van der Waals surface area (Å²) in [5.74, 6) is -0.507. The van der Waals surface area contributed by atoms with Crippen LogP contribution in [-0.2, 0) is 11.3 Å². The number of carbonyl (C=O) groups excluding carboxylic acids is 1. The van der Waals surface area contributed by atoms with E-state index in [0.29, 0.717) is 13.1 Å². The van der Waals surface area contributed by atoms with E-state index in [-0.39, 0.29) is 17.6 Å². The Hall–Kier alpha value is -2.21. The quantitative estimate of drug-likeness (QED) is 0.924. The summed E-state index contributed by atoms with van der Waals surface area (Å²) in [5.41, 5.74) is 1.38. The number of rotatable bonds is 2. The standard InChI is InChI=1S/C17H20FN3O2/c1-11-9-20(16(22)17(2,3)23)10-12-8-19-21(15(11)12)14-6-4-13(18)5-7-14/h4-8,11,23H,9-10H2,1-3H3/t11-/m1/s1. The zero-order valence-electron chi connectivity index (χ0n) is 13.5. The third-order valence-electron chi connectivity index (χ3n) is 4.09. The number of fused-ring (bicyclic) bond motifs is 1. The van der Waals surface area contributed by atoms with Crippen molar-refractivity contribution in [1.82, 2.24) is 14.7 Å². The summed E-state index contributed by atoms with van der Waals surface area (Å²) in [6.07, 6.45) is 1.74. The third kappa shape index (κ3) is 2.86. The van der Waals surface area contributed by atoms with E-state index in [1.54, 1.807) is 27.9 Å². The van der Waals surface area contributed by atoms with Gasteiger partial charge in [-0.15, -0.1) is 0 Å². The molecule has 122 valence electrons. The van der Waals surface area contributed by atoms with E-state index in [0.717, 1.165) is 16.9 Å². The number of hydrogen-bond donors (Lipinski definition) is 1. The first-order chi connectivity index (χ1) is 10.8. The number of nitrogens with zero attached hydrogens (tertiary/aromatic N) is 3. The van der Waals surface area contributed by atoms with E-state index in [4.69, 9.17) is 0 Å². The van der Waals surface area contributed by atoms with Gasteiger partial charge in [0.25, 0.3) is 5.91 Å². The second-order valence-corrected chi connectivity index (χ2v) is 6.59. The zero-order chi connectivity index (χ0) is 16.8. The van der Waals surface area contributed by atoms with Crippen LogP contribution in [0, 0.1) is 5.82 Å². The summed E-state index contributed by atoms with van der Waals surface area (Å²) >= 11 is 0. The minimum atomic E-state index is -1.38. The molecule has 0 aliphatic carbocycles. The molecular weight excluding hydrogens is 297 g/mol. The average Bonchev–Trinajstić information content (AvgIpc) is 2.90. The molecule has 0 saturated heterocycles. The Morgan fingerprint density at radius 2 is 2.00 bits per heavy atom. The zero-order valence-corrected chi connectivity index (χ0v) is 13.5. The van der Waals surface area contributed by atoms with Crippen LogP contribution in [0.5, 0.6) is 0 Å². The summed E-state index contributed by atoms with van der Waals surface area (Å²) in [6, 6.07) is 6.18. The molecule has 1 aromatic carbocycles. The van der Waals surface area contributed by atoms with Crippen LogP contribution in [-0.4, -0.2) is 37.8 Å². The lowest BCUT2D eigenvalue weighted by molar-refractivity contribution is -0.149. The van der Waals surface area contributed by atoms with E-state index in [1.807, 2.05) is 6.92 Å². The highest BCUT2D eigenvalue weighted by Crippen LogP contribution is 2.31. The molecule has 1 aliphatic rings. The van der Waals surface area contributed by atoms with Crippen LogP contribution in [0.2, 0.25) is 0 Å². The molecule has 0 fully saturated rings. The van der Waals surface area contributed by atoms with E-state index in [1.165, 1.54) is 26.0 Å². The predicted octanol–water partition coefficient (Wildman–Crippen LogP) is 2.23. The van der Waals surface area contributed by atoms with Gasteiger partial charge in [0.15, 0.2) is 0 Å². The number of aromatic nitrogens is 2. The van der Waals surface area contributed by atoms with Crippen LogP contribution in [0.4, 0.5) is 4.39 Å². The molecule has 2 aromatic rings. The Morgan fingerprint density at radius 1 is 1.35 bits per heavy atom. The van der Waals surface area contributed by atoms with Gasteiger partial charge in [0, 0.05) is 24.6 Å². The second kappa shape index (κ2) is 5.45. The van der Waals surface area contributed by atoms with Gasteiger partial charge in [-0.3, -0.25) is 4.79 Å². The number of amides is 1. The van der Waals surface area contributed by atoms with Crippen molar-refractivity contribution in [1.29, 1.82) is 0 Å².